The minimum atomic E-state index is 0.768. The van der Waals surface area contributed by atoms with Crippen LogP contribution < -0.4 is 0 Å². The molecule has 30 heavy (non-hydrogen) atoms. The second kappa shape index (κ2) is 6.98. The lowest BCUT2D eigenvalue weighted by atomic mass is 9.94. The quantitative estimate of drug-likeness (QED) is 0.262. The van der Waals surface area contributed by atoms with Gasteiger partial charge in [0.1, 0.15) is 0 Å². The van der Waals surface area contributed by atoms with Gasteiger partial charge < -0.3 is 0 Å². The molecule has 5 aromatic carbocycles. The normalized spacial score (nSPS) is 11.5. The molecule has 1 heterocycles. The van der Waals surface area contributed by atoms with Crippen molar-refractivity contribution in [3.63, 3.8) is 0 Å². The van der Waals surface area contributed by atoms with Gasteiger partial charge in [0.05, 0.1) is 0 Å². The predicted octanol–water partition coefficient (Wildman–Crippen LogP) is 9.20. The van der Waals surface area contributed by atoms with Crippen molar-refractivity contribution in [3.05, 3.63) is 108 Å². The number of halogens is 1. The lowest BCUT2D eigenvalue weighted by Gasteiger charge is -2.10. The highest BCUT2D eigenvalue weighted by Crippen LogP contribution is 2.43. The molecule has 0 unspecified atom stereocenters. The first-order chi connectivity index (χ1) is 14.8. The van der Waals surface area contributed by atoms with Gasteiger partial charge in [-0.3, -0.25) is 0 Å². The summed E-state index contributed by atoms with van der Waals surface area (Å²) in [6.45, 7) is 0. The molecule has 6 rings (SSSR count). The Morgan fingerprint density at radius 2 is 1.37 bits per heavy atom. The Morgan fingerprint density at radius 1 is 0.533 bits per heavy atom. The van der Waals surface area contributed by atoms with Crippen LogP contribution >= 0.6 is 22.9 Å². The number of rotatable bonds is 2. The largest absolute Gasteiger partial charge is 0.135 e. The second-order valence-corrected chi connectivity index (χ2v) is 9.05. The van der Waals surface area contributed by atoms with E-state index in [1.165, 1.54) is 53.2 Å². The molecule has 0 bridgehead atoms. The summed E-state index contributed by atoms with van der Waals surface area (Å²) < 4.78 is 2.63. The Kier molecular flexibility index (Phi) is 4.12. The van der Waals surface area contributed by atoms with Gasteiger partial charge in [0, 0.05) is 25.2 Å². The molecule has 0 spiro atoms. The zero-order chi connectivity index (χ0) is 20.1. The van der Waals surface area contributed by atoms with E-state index in [4.69, 9.17) is 11.6 Å². The summed E-state index contributed by atoms with van der Waals surface area (Å²) in [6.07, 6.45) is 0. The van der Waals surface area contributed by atoms with E-state index < -0.39 is 0 Å². The highest BCUT2D eigenvalue weighted by Gasteiger charge is 2.13. The van der Waals surface area contributed by atoms with E-state index in [2.05, 4.69) is 97.1 Å². The molecule has 0 N–H and O–H groups in total. The van der Waals surface area contributed by atoms with Crippen LogP contribution in [0.5, 0.6) is 0 Å². The Balaban J connectivity index is 1.64. The molecule has 6 aromatic rings. The van der Waals surface area contributed by atoms with Gasteiger partial charge in [0.15, 0.2) is 0 Å². The van der Waals surface area contributed by atoms with Gasteiger partial charge in [-0.05, 0) is 57.3 Å². The number of benzene rings is 5. The van der Waals surface area contributed by atoms with Crippen LogP contribution in [0, 0.1) is 0 Å². The Morgan fingerprint density at radius 3 is 2.27 bits per heavy atom. The highest BCUT2D eigenvalue weighted by molar-refractivity contribution is 7.26. The zero-order valence-electron chi connectivity index (χ0n) is 16.1. The van der Waals surface area contributed by atoms with Crippen LogP contribution in [0.1, 0.15) is 0 Å². The van der Waals surface area contributed by atoms with Crippen molar-refractivity contribution in [2.75, 3.05) is 0 Å². The van der Waals surface area contributed by atoms with Crippen molar-refractivity contribution in [2.24, 2.45) is 0 Å². The first-order valence-corrected chi connectivity index (χ1v) is 11.2. The topological polar surface area (TPSA) is 0 Å². The SMILES string of the molecule is Clc1ccc2cccc(-c3cccc4sc5cc(-c6ccccc6)ccc5c34)c2c1. The summed E-state index contributed by atoms with van der Waals surface area (Å²) in [5, 5.41) is 5.80. The number of hydrogen-bond acceptors (Lipinski definition) is 1. The summed E-state index contributed by atoms with van der Waals surface area (Å²) in [6, 6.07) is 36.6. The molecule has 0 saturated heterocycles. The van der Waals surface area contributed by atoms with Crippen molar-refractivity contribution >= 4 is 53.9 Å². The van der Waals surface area contributed by atoms with E-state index in [-0.39, 0.29) is 0 Å². The Bertz CT molecular complexity index is 1540. The zero-order valence-corrected chi connectivity index (χ0v) is 17.7. The Hall–Kier alpha value is -3.13. The van der Waals surface area contributed by atoms with E-state index in [1.807, 2.05) is 17.4 Å². The van der Waals surface area contributed by atoms with Crippen LogP contribution in [0.2, 0.25) is 5.02 Å². The fourth-order valence-corrected chi connectivity index (χ4v) is 5.68. The summed E-state index contributed by atoms with van der Waals surface area (Å²) in [5.74, 6) is 0. The smallest absolute Gasteiger partial charge is 0.0412 e. The van der Waals surface area contributed by atoms with Crippen LogP contribution in [0.4, 0.5) is 0 Å². The maximum Gasteiger partial charge on any atom is 0.0412 e. The monoisotopic (exact) mass is 420 g/mol. The van der Waals surface area contributed by atoms with Crippen LogP contribution in [-0.4, -0.2) is 0 Å². The molecule has 1 aromatic heterocycles. The number of fused-ring (bicyclic) bond motifs is 4. The van der Waals surface area contributed by atoms with Crippen LogP contribution in [-0.2, 0) is 0 Å². The molecule has 0 radical (unpaired) electrons. The van der Waals surface area contributed by atoms with Crippen LogP contribution in [0.15, 0.2) is 103 Å². The molecule has 142 valence electrons. The predicted molar refractivity (Wildman–Crippen MR) is 133 cm³/mol. The molecule has 0 nitrogen and oxygen atoms in total. The summed E-state index contributed by atoms with van der Waals surface area (Å²) >= 11 is 8.21. The van der Waals surface area contributed by atoms with Gasteiger partial charge in [-0.15, -0.1) is 11.3 Å². The standard InChI is InChI=1S/C28H17ClS/c29-21-14-12-19-8-4-9-22(25(19)17-21)23-10-5-11-26-28(23)24-15-13-20(16-27(24)30-26)18-6-2-1-3-7-18/h1-17H. The molecule has 0 aliphatic rings. The van der Waals surface area contributed by atoms with Gasteiger partial charge in [0.2, 0.25) is 0 Å². The average molecular weight is 421 g/mol. The first kappa shape index (κ1) is 17.7. The number of thiophene rings is 1. The fraction of sp³-hybridized carbons (Fsp3) is 0. The third-order valence-corrected chi connectivity index (χ3v) is 7.09. The van der Waals surface area contributed by atoms with Crippen molar-refractivity contribution in [1.82, 2.24) is 0 Å². The molecule has 0 amide bonds. The fourth-order valence-electron chi connectivity index (χ4n) is 4.34. The minimum absolute atomic E-state index is 0.768. The van der Waals surface area contributed by atoms with Gasteiger partial charge in [-0.2, -0.15) is 0 Å². The molecule has 0 saturated carbocycles. The van der Waals surface area contributed by atoms with E-state index in [1.54, 1.807) is 0 Å². The highest BCUT2D eigenvalue weighted by atomic mass is 35.5. The maximum atomic E-state index is 6.35. The molecule has 0 fully saturated rings. The van der Waals surface area contributed by atoms with Crippen LogP contribution in [0.25, 0.3) is 53.2 Å². The Labute approximate surface area is 184 Å². The van der Waals surface area contributed by atoms with Crippen molar-refractivity contribution in [2.45, 2.75) is 0 Å². The van der Waals surface area contributed by atoms with Crippen molar-refractivity contribution < 1.29 is 0 Å². The van der Waals surface area contributed by atoms with Gasteiger partial charge in [-0.1, -0.05) is 90.5 Å². The third-order valence-electron chi connectivity index (χ3n) is 5.74. The van der Waals surface area contributed by atoms with Gasteiger partial charge >= 0.3 is 0 Å². The average Bonchev–Trinajstić information content (AvgIpc) is 3.17. The maximum absolute atomic E-state index is 6.35. The van der Waals surface area contributed by atoms with Gasteiger partial charge in [-0.25, -0.2) is 0 Å². The van der Waals surface area contributed by atoms with Crippen LogP contribution in [0.3, 0.4) is 0 Å². The van der Waals surface area contributed by atoms with Crippen molar-refractivity contribution in [1.29, 1.82) is 0 Å². The third kappa shape index (κ3) is 2.82. The lowest BCUT2D eigenvalue weighted by Crippen LogP contribution is -1.83. The first-order valence-electron chi connectivity index (χ1n) is 9.97. The number of hydrogen-bond donors (Lipinski definition) is 0. The van der Waals surface area contributed by atoms with Gasteiger partial charge in [0.25, 0.3) is 0 Å². The molecule has 0 aliphatic carbocycles. The molecular weight excluding hydrogens is 404 g/mol. The molecular formula is C28H17ClS. The van der Waals surface area contributed by atoms with E-state index in [0.717, 1.165) is 5.02 Å². The van der Waals surface area contributed by atoms with Crippen molar-refractivity contribution in [3.8, 4) is 22.3 Å². The van der Waals surface area contributed by atoms with E-state index in [0.29, 0.717) is 0 Å². The van der Waals surface area contributed by atoms with E-state index in [9.17, 15) is 0 Å². The summed E-state index contributed by atoms with van der Waals surface area (Å²) in [5.41, 5.74) is 5.00. The minimum Gasteiger partial charge on any atom is -0.135 e. The van der Waals surface area contributed by atoms with E-state index >= 15 is 0 Å². The summed E-state index contributed by atoms with van der Waals surface area (Å²) in [7, 11) is 0. The summed E-state index contributed by atoms with van der Waals surface area (Å²) in [4.78, 5) is 0. The molecule has 0 atom stereocenters. The molecule has 2 heteroatoms. The lowest BCUT2D eigenvalue weighted by molar-refractivity contribution is 1.66. The molecule has 0 aliphatic heterocycles. The second-order valence-electron chi connectivity index (χ2n) is 7.53.